The van der Waals surface area contributed by atoms with Crippen molar-refractivity contribution in [2.75, 3.05) is 0 Å². The number of aromatic nitrogens is 5. The van der Waals surface area contributed by atoms with Gasteiger partial charge in [0, 0.05) is 0 Å². The number of ether oxygens (including phenoxy) is 1. The lowest BCUT2D eigenvalue weighted by Gasteiger charge is -2.11. The number of rotatable bonds is 3. The largest absolute Gasteiger partial charge is 0.451 e. The van der Waals surface area contributed by atoms with Crippen LogP contribution < -0.4 is 4.74 Å². The van der Waals surface area contributed by atoms with Crippen molar-refractivity contribution in [3.05, 3.63) is 67.0 Å². The average Bonchev–Trinajstić information content (AvgIpc) is 3.16. The molecule has 130 valence electrons. The summed E-state index contributed by atoms with van der Waals surface area (Å²) in [5, 5.41) is 4.39. The third-order valence-corrected chi connectivity index (χ3v) is 3.56. The standard InChI is InChI=1S/C17H10F3N5O/c18-17(19,20)16-23-14-4-2-1-3-13(14)15(24-16)26-12-7-5-11(6-8-12)25-10-21-9-22-25/h1-10H. The Balaban J connectivity index is 1.72. The summed E-state index contributed by atoms with van der Waals surface area (Å²) in [6.45, 7) is 0. The summed E-state index contributed by atoms with van der Waals surface area (Å²) < 4.78 is 46.3. The summed E-state index contributed by atoms with van der Waals surface area (Å²) >= 11 is 0. The molecule has 2 heterocycles. The molecule has 26 heavy (non-hydrogen) atoms. The van der Waals surface area contributed by atoms with Crippen LogP contribution in [-0.4, -0.2) is 24.7 Å². The summed E-state index contributed by atoms with van der Waals surface area (Å²) in [7, 11) is 0. The molecule has 0 aliphatic carbocycles. The van der Waals surface area contributed by atoms with Crippen molar-refractivity contribution in [2.24, 2.45) is 0 Å². The zero-order valence-electron chi connectivity index (χ0n) is 13.1. The highest BCUT2D eigenvalue weighted by Gasteiger charge is 2.35. The van der Waals surface area contributed by atoms with Gasteiger partial charge in [0.05, 0.1) is 16.6 Å². The zero-order chi connectivity index (χ0) is 18.1. The number of alkyl halides is 3. The third kappa shape index (κ3) is 3.06. The van der Waals surface area contributed by atoms with Crippen LogP contribution in [0.15, 0.2) is 61.2 Å². The van der Waals surface area contributed by atoms with Gasteiger partial charge in [-0.2, -0.15) is 23.3 Å². The minimum absolute atomic E-state index is 0.156. The maximum atomic E-state index is 13.0. The van der Waals surface area contributed by atoms with Crippen LogP contribution in [-0.2, 0) is 6.18 Å². The fraction of sp³-hybridized carbons (Fsp3) is 0.0588. The number of halogens is 3. The molecular formula is C17H10F3N5O. The first-order valence-electron chi connectivity index (χ1n) is 7.47. The molecule has 6 nitrogen and oxygen atoms in total. The Hall–Kier alpha value is -3.49. The van der Waals surface area contributed by atoms with E-state index >= 15 is 0 Å². The SMILES string of the molecule is FC(F)(F)c1nc(Oc2ccc(-n3cncn3)cc2)c2ccccc2n1. The van der Waals surface area contributed by atoms with E-state index in [1.54, 1.807) is 47.1 Å². The van der Waals surface area contributed by atoms with E-state index in [2.05, 4.69) is 20.1 Å². The molecule has 0 amide bonds. The predicted molar refractivity (Wildman–Crippen MR) is 86.0 cm³/mol. The molecule has 0 unspecified atom stereocenters. The van der Waals surface area contributed by atoms with Crippen LogP contribution in [0.25, 0.3) is 16.6 Å². The number of hydrogen-bond donors (Lipinski definition) is 0. The van der Waals surface area contributed by atoms with E-state index < -0.39 is 12.0 Å². The second-order valence-electron chi connectivity index (χ2n) is 5.30. The smallest absolute Gasteiger partial charge is 0.438 e. The lowest BCUT2D eigenvalue weighted by molar-refractivity contribution is -0.144. The summed E-state index contributed by atoms with van der Waals surface area (Å²) in [6, 6.07) is 13.0. The first kappa shape index (κ1) is 16.0. The van der Waals surface area contributed by atoms with Crippen molar-refractivity contribution >= 4 is 10.9 Å². The minimum Gasteiger partial charge on any atom is -0.438 e. The van der Waals surface area contributed by atoms with E-state index in [0.717, 1.165) is 5.69 Å². The topological polar surface area (TPSA) is 65.7 Å². The Bertz CT molecular complexity index is 1050. The summed E-state index contributed by atoms with van der Waals surface area (Å²) in [4.78, 5) is 11.0. The van der Waals surface area contributed by atoms with Gasteiger partial charge in [-0.05, 0) is 36.4 Å². The molecule has 4 rings (SSSR count). The molecule has 0 atom stereocenters. The van der Waals surface area contributed by atoms with Gasteiger partial charge >= 0.3 is 6.18 Å². The molecule has 0 saturated carbocycles. The summed E-state index contributed by atoms with van der Waals surface area (Å²) in [6.07, 6.45) is -1.74. The van der Waals surface area contributed by atoms with Gasteiger partial charge in [0.2, 0.25) is 11.7 Å². The fourth-order valence-electron chi connectivity index (χ4n) is 2.37. The van der Waals surface area contributed by atoms with Crippen LogP contribution >= 0.6 is 0 Å². The highest BCUT2D eigenvalue weighted by atomic mass is 19.4. The second-order valence-corrected chi connectivity index (χ2v) is 5.30. The van der Waals surface area contributed by atoms with Crippen molar-refractivity contribution in [3.63, 3.8) is 0 Å². The van der Waals surface area contributed by atoms with Gasteiger partial charge in [-0.25, -0.2) is 14.6 Å². The first-order chi connectivity index (χ1) is 12.5. The van der Waals surface area contributed by atoms with Crippen molar-refractivity contribution in [1.82, 2.24) is 24.7 Å². The Morgan fingerprint density at radius 3 is 2.38 bits per heavy atom. The molecule has 0 aliphatic rings. The maximum absolute atomic E-state index is 13.0. The van der Waals surface area contributed by atoms with E-state index in [1.807, 2.05) is 0 Å². The Morgan fingerprint density at radius 2 is 1.69 bits per heavy atom. The average molecular weight is 357 g/mol. The number of fused-ring (bicyclic) bond motifs is 1. The van der Waals surface area contributed by atoms with Crippen LogP contribution in [0.5, 0.6) is 11.6 Å². The molecule has 0 spiro atoms. The van der Waals surface area contributed by atoms with Crippen molar-refractivity contribution < 1.29 is 17.9 Å². The predicted octanol–water partition coefficient (Wildman–Crippen LogP) is 4.02. The van der Waals surface area contributed by atoms with Crippen LogP contribution in [0.2, 0.25) is 0 Å². The van der Waals surface area contributed by atoms with E-state index in [1.165, 1.54) is 18.7 Å². The minimum atomic E-state index is -4.67. The quantitative estimate of drug-likeness (QED) is 0.554. The number of benzene rings is 2. The summed E-state index contributed by atoms with van der Waals surface area (Å²) in [5.74, 6) is -1.06. The number of nitrogens with zero attached hydrogens (tertiary/aromatic N) is 5. The molecule has 4 aromatic rings. The number of hydrogen-bond acceptors (Lipinski definition) is 5. The lowest BCUT2D eigenvalue weighted by Crippen LogP contribution is -2.11. The van der Waals surface area contributed by atoms with Gasteiger partial charge in [-0.15, -0.1) is 0 Å². The van der Waals surface area contributed by atoms with Crippen LogP contribution in [0.4, 0.5) is 13.2 Å². The monoisotopic (exact) mass is 357 g/mol. The van der Waals surface area contributed by atoms with Crippen molar-refractivity contribution in [2.45, 2.75) is 6.18 Å². The normalized spacial score (nSPS) is 11.7. The number of para-hydroxylation sites is 1. The highest BCUT2D eigenvalue weighted by Crippen LogP contribution is 2.33. The lowest BCUT2D eigenvalue weighted by atomic mass is 10.2. The zero-order valence-corrected chi connectivity index (χ0v) is 13.1. The highest BCUT2D eigenvalue weighted by molar-refractivity contribution is 5.83. The molecule has 0 saturated heterocycles. The van der Waals surface area contributed by atoms with Crippen LogP contribution in [0.3, 0.4) is 0 Å². The van der Waals surface area contributed by atoms with Gasteiger partial charge in [-0.1, -0.05) is 12.1 Å². The van der Waals surface area contributed by atoms with Gasteiger partial charge in [0.1, 0.15) is 18.4 Å². The molecular weight excluding hydrogens is 347 g/mol. The molecule has 0 bridgehead atoms. The van der Waals surface area contributed by atoms with E-state index in [9.17, 15) is 13.2 Å². The molecule has 0 fully saturated rings. The van der Waals surface area contributed by atoms with Crippen molar-refractivity contribution in [3.8, 4) is 17.3 Å². The van der Waals surface area contributed by atoms with Gasteiger partial charge in [-0.3, -0.25) is 0 Å². The summed E-state index contributed by atoms with van der Waals surface area (Å²) in [5.41, 5.74) is 0.891. The molecule has 2 aromatic heterocycles. The van der Waals surface area contributed by atoms with Gasteiger partial charge < -0.3 is 4.74 Å². The van der Waals surface area contributed by atoms with E-state index in [-0.39, 0.29) is 11.4 Å². The van der Waals surface area contributed by atoms with Crippen LogP contribution in [0.1, 0.15) is 5.82 Å². The van der Waals surface area contributed by atoms with Gasteiger partial charge in [0.25, 0.3) is 0 Å². The molecule has 2 aromatic carbocycles. The Morgan fingerprint density at radius 1 is 0.923 bits per heavy atom. The molecule has 0 N–H and O–H groups in total. The van der Waals surface area contributed by atoms with E-state index in [4.69, 9.17) is 4.74 Å². The maximum Gasteiger partial charge on any atom is 0.451 e. The molecule has 9 heteroatoms. The third-order valence-electron chi connectivity index (χ3n) is 3.56. The molecule has 0 aliphatic heterocycles. The Kier molecular flexibility index (Phi) is 3.76. The van der Waals surface area contributed by atoms with Crippen LogP contribution in [0, 0.1) is 0 Å². The molecule has 0 radical (unpaired) electrons. The second kappa shape index (κ2) is 6.10. The fourth-order valence-corrected chi connectivity index (χ4v) is 2.37. The van der Waals surface area contributed by atoms with E-state index in [0.29, 0.717) is 11.1 Å². The Labute approximate surface area is 144 Å². The van der Waals surface area contributed by atoms with Gasteiger partial charge in [0.15, 0.2) is 0 Å². The van der Waals surface area contributed by atoms with Crippen molar-refractivity contribution in [1.29, 1.82) is 0 Å². The first-order valence-corrected chi connectivity index (χ1v) is 7.47.